The van der Waals surface area contributed by atoms with E-state index in [0.29, 0.717) is 13.0 Å². The number of amides is 1. The van der Waals surface area contributed by atoms with Gasteiger partial charge in [0.2, 0.25) is 0 Å². The largest absolute Gasteiger partial charge is 0.473 e. The van der Waals surface area contributed by atoms with Gasteiger partial charge in [0.05, 0.1) is 11.3 Å². The van der Waals surface area contributed by atoms with Crippen molar-refractivity contribution >= 4 is 23.9 Å². The highest BCUT2D eigenvalue weighted by Gasteiger charge is 2.18. The molecule has 1 aliphatic rings. The number of carbonyl (C=O) groups is 3. The number of nitrogens with zero attached hydrogens (tertiary/aromatic N) is 1. The number of aryl methyl sites for hydroxylation is 1. The van der Waals surface area contributed by atoms with E-state index < -0.39 is 11.9 Å². The zero-order valence-electron chi connectivity index (χ0n) is 13.2. The van der Waals surface area contributed by atoms with Crippen molar-refractivity contribution < 1.29 is 29.7 Å². The first kappa shape index (κ1) is 19.5. The van der Waals surface area contributed by atoms with Crippen molar-refractivity contribution in [3.8, 4) is 0 Å². The van der Waals surface area contributed by atoms with Gasteiger partial charge in [-0.2, -0.15) is 0 Å². The molecule has 4 N–H and O–H groups in total. The van der Waals surface area contributed by atoms with Gasteiger partial charge in [-0.3, -0.25) is 4.79 Å². The van der Waals surface area contributed by atoms with Gasteiger partial charge < -0.3 is 20.6 Å². The highest BCUT2D eigenvalue weighted by molar-refractivity contribution is 6.27. The molecule has 8 nitrogen and oxygen atoms in total. The smallest absolute Gasteiger partial charge is 0.414 e. The summed E-state index contributed by atoms with van der Waals surface area (Å²) in [7, 11) is 0. The van der Waals surface area contributed by atoms with Crippen molar-refractivity contribution in [3.63, 3.8) is 0 Å². The van der Waals surface area contributed by atoms with Crippen LogP contribution < -0.4 is 15.9 Å². The minimum atomic E-state index is -1.82. The summed E-state index contributed by atoms with van der Waals surface area (Å²) in [4.78, 5) is 34.3. The van der Waals surface area contributed by atoms with Crippen LogP contribution in [0.3, 0.4) is 0 Å². The van der Waals surface area contributed by atoms with Crippen LogP contribution in [0.2, 0.25) is 0 Å². The van der Waals surface area contributed by atoms with Gasteiger partial charge in [-0.25, -0.2) is 14.6 Å². The summed E-state index contributed by atoms with van der Waals surface area (Å²) < 4.78 is 0. The Hall–Kier alpha value is -2.58. The predicted octanol–water partition coefficient (Wildman–Crippen LogP) is -1.32. The number of carbonyl (C=O) groups excluding carboxylic acids is 1. The number of aliphatic hydroxyl groups excluding tert-OH is 1. The van der Waals surface area contributed by atoms with Gasteiger partial charge >= 0.3 is 11.9 Å². The Bertz CT molecular complexity index is 717. The fourth-order valence-corrected chi connectivity index (χ4v) is 2.06. The average molecular weight is 336 g/mol. The SMILES string of the molecule is Cc1cccc2c1=NC(=O)C(CNCCCO)C=2.O=C(O)C(=O)O. The maximum Gasteiger partial charge on any atom is 0.414 e. The molecule has 1 unspecified atom stereocenters. The molecule has 0 saturated carbocycles. The number of fused-ring (bicyclic) bond motifs is 1. The summed E-state index contributed by atoms with van der Waals surface area (Å²) in [5, 5.41) is 28.5. The summed E-state index contributed by atoms with van der Waals surface area (Å²) >= 11 is 0. The molecule has 0 radical (unpaired) electrons. The van der Waals surface area contributed by atoms with E-state index in [-0.39, 0.29) is 18.4 Å². The zero-order chi connectivity index (χ0) is 18.1. The van der Waals surface area contributed by atoms with Crippen LogP contribution in [0.1, 0.15) is 12.0 Å². The van der Waals surface area contributed by atoms with E-state index in [0.717, 1.165) is 22.7 Å². The van der Waals surface area contributed by atoms with Crippen LogP contribution >= 0.6 is 0 Å². The molecule has 2 rings (SSSR count). The van der Waals surface area contributed by atoms with Gasteiger partial charge in [-0.05, 0) is 30.7 Å². The summed E-state index contributed by atoms with van der Waals surface area (Å²) in [6, 6.07) is 5.93. The molecule has 1 aliphatic heterocycles. The molecule has 1 aromatic carbocycles. The van der Waals surface area contributed by atoms with Gasteiger partial charge in [0, 0.05) is 13.2 Å². The van der Waals surface area contributed by atoms with Crippen molar-refractivity contribution in [1.29, 1.82) is 0 Å². The number of rotatable bonds is 5. The average Bonchev–Trinajstić information content (AvgIpc) is 2.53. The monoisotopic (exact) mass is 336 g/mol. The third kappa shape index (κ3) is 5.90. The highest BCUT2D eigenvalue weighted by atomic mass is 16.4. The van der Waals surface area contributed by atoms with Gasteiger partial charge in [0.25, 0.3) is 5.91 Å². The molecular formula is C16H20N2O6. The van der Waals surface area contributed by atoms with Crippen LogP contribution in [0.5, 0.6) is 0 Å². The van der Waals surface area contributed by atoms with E-state index in [9.17, 15) is 4.79 Å². The van der Waals surface area contributed by atoms with E-state index >= 15 is 0 Å². The van der Waals surface area contributed by atoms with E-state index in [1.54, 1.807) is 0 Å². The number of aliphatic carboxylic acids is 2. The summed E-state index contributed by atoms with van der Waals surface area (Å²) in [5.41, 5.74) is 1.03. The molecule has 0 aliphatic carbocycles. The number of para-hydroxylation sites is 1. The molecule has 1 amide bonds. The van der Waals surface area contributed by atoms with E-state index in [1.807, 2.05) is 31.2 Å². The third-order valence-corrected chi connectivity index (χ3v) is 3.25. The quantitative estimate of drug-likeness (QED) is 0.387. The van der Waals surface area contributed by atoms with Crippen molar-refractivity contribution in [1.82, 2.24) is 5.32 Å². The van der Waals surface area contributed by atoms with Crippen LogP contribution in [0.25, 0.3) is 6.08 Å². The molecule has 0 aromatic heterocycles. The maximum absolute atomic E-state index is 11.9. The molecule has 130 valence electrons. The first-order chi connectivity index (χ1) is 11.4. The second kappa shape index (κ2) is 9.53. The van der Waals surface area contributed by atoms with Crippen molar-refractivity contribution in [2.24, 2.45) is 10.9 Å². The fourth-order valence-electron chi connectivity index (χ4n) is 2.06. The van der Waals surface area contributed by atoms with Crippen molar-refractivity contribution in [2.45, 2.75) is 13.3 Å². The topological polar surface area (TPSA) is 136 Å². The molecule has 24 heavy (non-hydrogen) atoms. The lowest BCUT2D eigenvalue weighted by molar-refractivity contribution is -0.159. The second-order valence-corrected chi connectivity index (χ2v) is 5.13. The predicted molar refractivity (Wildman–Crippen MR) is 84.8 cm³/mol. The number of aliphatic hydroxyl groups is 1. The van der Waals surface area contributed by atoms with Crippen LogP contribution in [-0.4, -0.2) is 52.9 Å². The van der Waals surface area contributed by atoms with Gasteiger partial charge in [-0.15, -0.1) is 0 Å². The highest BCUT2D eigenvalue weighted by Crippen LogP contribution is 2.03. The molecule has 8 heteroatoms. The number of hydrogen-bond donors (Lipinski definition) is 4. The number of benzene rings is 1. The molecular weight excluding hydrogens is 316 g/mol. The Labute approximate surface area is 138 Å². The molecule has 0 saturated heterocycles. The lowest BCUT2D eigenvalue weighted by Gasteiger charge is -2.13. The van der Waals surface area contributed by atoms with E-state index in [4.69, 9.17) is 24.9 Å². The Morgan fingerprint density at radius 1 is 1.25 bits per heavy atom. The van der Waals surface area contributed by atoms with E-state index in [2.05, 4.69) is 10.3 Å². The Balaban J connectivity index is 0.000000413. The molecule has 0 spiro atoms. The van der Waals surface area contributed by atoms with Gasteiger partial charge in [0.1, 0.15) is 0 Å². The number of nitrogens with one attached hydrogen (secondary N) is 1. The molecule has 1 heterocycles. The zero-order valence-corrected chi connectivity index (χ0v) is 13.2. The summed E-state index contributed by atoms with van der Waals surface area (Å²) in [6.07, 6.45) is 2.68. The Morgan fingerprint density at radius 3 is 2.50 bits per heavy atom. The Kier molecular flexibility index (Phi) is 7.73. The number of carboxylic acid groups (broad SMARTS) is 2. The first-order valence-electron chi connectivity index (χ1n) is 7.34. The summed E-state index contributed by atoms with van der Waals surface area (Å²) in [6.45, 7) is 3.43. The molecule has 1 atom stereocenters. The fraction of sp³-hybridized carbons (Fsp3) is 0.375. The summed E-state index contributed by atoms with van der Waals surface area (Å²) in [5.74, 6) is -3.93. The maximum atomic E-state index is 11.9. The van der Waals surface area contributed by atoms with Crippen LogP contribution in [0.4, 0.5) is 0 Å². The normalized spacial score (nSPS) is 15.2. The number of carboxylic acids is 2. The molecule has 1 aromatic rings. The van der Waals surface area contributed by atoms with Crippen LogP contribution in [-0.2, 0) is 14.4 Å². The minimum absolute atomic E-state index is 0.0895. The molecule has 0 fully saturated rings. The standard InChI is InChI=1S/C14H18N2O2.C2H2O4/c1-10-4-2-5-11-8-12(9-15-6-3-7-17)14(18)16-13(10)11;3-1(4)2(5)6/h2,4-5,8,12,15,17H,3,6-7,9H2,1H3;(H,3,4)(H,5,6). The minimum Gasteiger partial charge on any atom is -0.473 e. The third-order valence-electron chi connectivity index (χ3n) is 3.25. The van der Waals surface area contributed by atoms with Gasteiger partial charge in [0.15, 0.2) is 0 Å². The Morgan fingerprint density at radius 2 is 1.92 bits per heavy atom. The molecule has 0 bridgehead atoms. The van der Waals surface area contributed by atoms with Gasteiger partial charge in [-0.1, -0.05) is 24.3 Å². The second-order valence-electron chi connectivity index (χ2n) is 5.13. The van der Waals surface area contributed by atoms with E-state index in [1.165, 1.54) is 0 Å². The van der Waals surface area contributed by atoms with Crippen LogP contribution in [0, 0.1) is 12.8 Å². The van der Waals surface area contributed by atoms with Crippen molar-refractivity contribution in [2.75, 3.05) is 19.7 Å². The van der Waals surface area contributed by atoms with Crippen LogP contribution in [0.15, 0.2) is 23.2 Å². The lowest BCUT2D eigenvalue weighted by atomic mass is 10.0. The number of hydrogen-bond acceptors (Lipinski definition) is 5. The lowest BCUT2D eigenvalue weighted by Crippen LogP contribution is -2.38. The van der Waals surface area contributed by atoms with Crippen molar-refractivity contribution in [3.05, 3.63) is 34.3 Å². The first-order valence-corrected chi connectivity index (χ1v) is 7.34.